The first-order valence-corrected chi connectivity index (χ1v) is 10.2. The molecule has 0 atom stereocenters. The molecule has 1 aromatic carbocycles. The number of rotatable bonds is 7. The van der Waals surface area contributed by atoms with Crippen molar-refractivity contribution < 1.29 is 14.3 Å². The molecule has 0 aliphatic rings. The van der Waals surface area contributed by atoms with E-state index in [1.807, 2.05) is 29.6 Å². The molecule has 0 fully saturated rings. The molecule has 6 nitrogen and oxygen atoms in total. The molecule has 2 heterocycles. The summed E-state index contributed by atoms with van der Waals surface area (Å²) in [7, 11) is 0. The highest BCUT2D eigenvalue weighted by atomic mass is 35.5. The number of nitrogens with zero attached hydrogens (tertiary/aromatic N) is 2. The molecule has 0 bridgehead atoms. The molecule has 0 saturated carbocycles. The highest BCUT2D eigenvalue weighted by molar-refractivity contribution is 7.11. The minimum absolute atomic E-state index is 0.00494. The van der Waals surface area contributed by atoms with Crippen molar-refractivity contribution >= 4 is 41.0 Å². The Kier molecular flexibility index (Phi) is 6.85. The van der Waals surface area contributed by atoms with Gasteiger partial charge in [-0.15, -0.1) is 11.3 Å². The number of benzene rings is 1. The zero-order chi connectivity index (χ0) is 20.8. The van der Waals surface area contributed by atoms with Crippen molar-refractivity contribution in [2.24, 2.45) is 5.10 Å². The summed E-state index contributed by atoms with van der Waals surface area (Å²) in [6, 6.07) is 12.8. The van der Waals surface area contributed by atoms with Crippen LogP contribution in [0.1, 0.15) is 27.9 Å². The van der Waals surface area contributed by atoms with Gasteiger partial charge in [0.2, 0.25) is 0 Å². The summed E-state index contributed by atoms with van der Waals surface area (Å²) >= 11 is 7.52. The van der Waals surface area contributed by atoms with Crippen molar-refractivity contribution in [3.8, 4) is 11.3 Å². The third-order valence-corrected chi connectivity index (χ3v) is 5.29. The predicted octanol–water partition coefficient (Wildman–Crippen LogP) is 4.51. The molecule has 3 rings (SSSR count). The fourth-order valence-corrected chi connectivity index (χ4v) is 3.55. The van der Waals surface area contributed by atoms with Crippen molar-refractivity contribution in [3.05, 3.63) is 69.0 Å². The Morgan fingerprint density at radius 2 is 2.03 bits per heavy atom. The van der Waals surface area contributed by atoms with Gasteiger partial charge in [-0.25, -0.2) is 10.2 Å². The number of esters is 1. The number of ether oxygens (including phenoxy) is 1. The number of thiophene rings is 1. The summed E-state index contributed by atoms with van der Waals surface area (Å²) in [6.07, 6.45) is 1.59. The van der Waals surface area contributed by atoms with Crippen molar-refractivity contribution in [1.29, 1.82) is 0 Å². The summed E-state index contributed by atoms with van der Waals surface area (Å²) in [5, 5.41) is 6.53. The number of hydrazone groups is 1. The second-order valence-electron chi connectivity index (χ2n) is 6.15. The number of hydrogen-bond donors (Lipinski definition) is 1. The van der Waals surface area contributed by atoms with Crippen LogP contribution in [0.15, 0.2) is 52.9 Å². The van der Waals surface area contributed by atoms with Crippen molar-refractivity contribution in [2.75, 3.05) is 6.61 Å². The summed E-state index contributed by atoms with van der Waals surface area (Å²) in [6.45, 7) is 3.82. The molecule has 150 valence electrons. The van der Waals surface area contributed by atoms with Gasteiger partial charge in [-0.3, -0.25) is 4.79 Å². The summed E-state index contributed by atoms with van der Waals surface area (Å²) in [4.78, 5) is 25.7. The predicted molar refractivity (Wildman–Crippen MR) is 116 cm³/mol. The largest absolute Gasteiger partial charge is 0.462 e. The van der Waals surface area contributed by atoms with Crippen LogP contribution >= 0.6 is 22.9 Å². The standard InChI is InChI=1S/C21H20ClN3O3S/c1-3-28-21(27)18-11-19(15-6-8-16(22)9-7-15)25(14(18)2)13-20(26)24-23-12-17-5-4-10-29-17/h4-12H,3,13H2,1-2H3,(H,24,26)/b23-12+. The van der Waals surface area contributed by atoms with Crippen LogP contribution in [-0.2, 0) is 16.1 Å². The number of carbonyl (C=O) groups excluding carboxylic acids is 2. The molecule has 29 heavy (non-hydrogen) atoms. The molecule has 8 heteroatoms. The Balaban J connectivity index is 1.87. The van der Waals surface area contributed by atoms with E-state index in [0.29, 0.717) is 16.3 Å². The molecular weight excluding hydrogens is 410 g/mol. The SMILES string of the molecule is CCOC(=O)c1cc(-c2ccc(Cl)cc2)n(CC(=O)N/N=C/c2cccs2)c1C. The number of aromatic nitrogens is 1. The smallest absolute Gasteiger partial charge is 0.339 e. The van der Waals surface area contributed by atoms with Gasteiger partial charge in [0.15, 0.2) is 0 Å². The quantitative estimate of drug-likeness (QED) is 0.341. The molecule has 0 radical (unpaired) electrons. The Bertz CT molecular complexity index is 1020. The van der Waals surface area contributed by atoms with E-state index in [1.165, 1.54) is 11.3 Å². The summed E-state index contributed by atoms with van der Waals surface area (Å²) in [5.74, 6) is -0.725. The van der Waals surface area contributed by atoms with Gasteiger partial charge >= 0.3 is 5.97 Å². The third kappa shape index (κ3) is 5.13. The zero-order valence-electron chi connectivity index (χ0n) is 16.0. The maximum Gasteiger partial charge on any atom is 0.339 e. The average Bonchev–Trinajstić information content (AvgIpc) is 3.32. The highest BCUT2D eigenvalue weighted by Crippen LogP contribution is 2.27. The van der Waals surface area contributed by atoms with Crippen molar-refractivity contribution in [3.63, 3.8) is 0 Å². The molecular formula is C21H20ClN3O3S. The number of halogens is 1. The van der Waals surface area contributed by atoms with E-state index in [1.54, 1.807) is 42.8 Å². The van der Waals surface area contributed by atoms with Gasteiger partial charge in [-0.05, 0) is 49.1 Å². The Morgan fingerprint density at radius 3 is 2.69 bits per heavy atom. The minimum Gasteiger partial charge on any atom is -0.462 e. The Labute approximate surface area is 177 Å². The van der Waals surface area contributed by atoms with Crippen LogP contribution in [-0.4, -0.2) is 29.3 Å². The first kappa shape index (κ1) is 20.8. The van der Waals surface area contributed by atoms with Gasteiger partial charge in [-0.2, -0.15) is 5.10 Å². The lowest BCUT2D eigenvalue weighted by atomic mass is 10.1. The van der Waals surface area contributed by atoms with Crippen LogP contribution < -0.4 is 5.43 Å². The lowest BCUT2D eigenvalue weighted by Crippen LogP contribution is -2.24. The van der Waals surface area contributed by atoms with Gasteiger partial charge in [-0.1, -0.05) is 29.8 Å². The van der Waals surface area contributed by atoms with Crippen LogP contribution in [0.5, 0.6) is 0 Å². The van der Waals surface area contributed by atoms with E-state index in [9.17, 15) is 9.59 Å². The zero-order valence-corrected chi connectivity index (χ0v) is 17.6. The summed E-state index contributed by atoms with van der Waals surface area (Å²) in [5.41, 5.74) is 5.15. The number of nitrogens with one attached hydrogen (secondary N) is 1. The highest BCUT2D eigenvalue weighted by Gasteiger charge is 2.20. The lowest BCUT2D eigenvalue weighted by molar-refractivity contribution is -0.121. The molecule has 0 spiro atoms. The first-order chi connectivity index (χ1) is 14.0. The fourth-order valence-electron chi connectivity index (χ4n) is 2.84. The van der Waals surface area contributed by atoms with Gasteiger partial charge in [0, 0.05) is 21.3 Å². The van der Waals surface area contributed by atoms with Gasteiger partial charge in [0.1, 0.15) is 6.54 Å². The molecule has 0 aliphatic carbocycles. The fraction of sp³-hybridized carbons (Fsp3) is 0.190. The normalized spacial score (nSPS) is 11.0. The van der Waals surface area contributed by atoms with E-state index >= 15 is 0 Å². The van der Waals surface area contributed by atoms with E-state index < -0.39 is 5.97 Å². The third-order valence-electron chi connectivity index (χ3n) is 4.23. The van der Waals surface area contributed by atoms with E-state index in [-0.39, 0.29) is 19.1 Å². The van der Waals surface area contributed by atoms with Crippen molar-refractivity contribution in [2.45, 2.75) is 20.4 Å². The van der Waals surface area contributed by atoms with Crippen molar-refractivity contribution in [1.82, 2.24) is 9.99 Å². The second-order valence-corrected chi connectivity index (χ2v) is 7.57. The average molecular weight is 430 g/mol. The summed E-state index contributed by atoms with van der Waals surface area (Å²) < 4.78 is 6.92. The minimum atomic E-state index is -0.421. The topological polar surface area (TPSA) is 72.7 Å². The van der Waals surface area contributed by atoms with Crippen LogP contribution in [0.25, 0.3) is 11.3 Å². The van der Waals surface area contributed by atoms with E-state index in [0.717, 1.165) is 16.1 Å². The van der Waals surface area contributed by atoms with Crippen LogP contribution in [0, 0.1) is 6.92 Å². The Morgan fingerprint density at radius 1 is 1.28 bits per heavy atom. The number of amides is 1. The molecule has 0 unspecified atom stereocenters. The number of carbonyl (C=O) groups is 2. The maximum absolute atomic E-state index is 12.5. The van der Waals surface area contributed by atoms with E-state index in [4.69, 9.17) is 16.3 Å². The molecule has 0 aliphatic heterocycles. The van der Waals surface area contributed by atoms with Gasteiger partial charge in [0.05, 0.1) is 18.4 Å². The van der Waals surface area contributed by atoms with Gasteiger partial charge < -0.3 is 9.30 Å². The van der Waals surface area contributed by atoms with Crippen LogP contribution in [0.2, 0.25) is 5.02 Å². The molecule has 1 amide bonds. The molecule has 0 saturated heterocycles. The molecule has 3 aromatic rings. The molecule has 2 aromatic heterocycles. The monoisotopic (exact) mass is 429 g/mol. The maximum atomic E-state index is 12.5. The second kappa shape index (κ2) is 9.54. The van der Waals surface area contributed by atoms with Crippen LogP contribution in [0.4, 0.5) is 0 Å². The first-order valence-electron chi connectivity index (χ1n) is 8.98. The lowest BCUT2D eigenvalue weighted by Gasteiger charge is -2.11. The van der Waals surface area contributed by atoms with Gasteiger partial charge in [0.25, 0.3) is 5.91 Å². The molecule has 1 N–H and O–H groups in total. The van der Waals surface area contributed by atoms with E-state index in [2.05, 4.69) is 10.5 Å². The van der Waals surface area contributed by atoms with Crippen LogP contribution in [0.3, 0.4) is 0 Å². The Hall–Kier alpha value is -2.90. The number of hydrogen-bond acceptors (Lipinski definition) is 5.